The van der Waals surface area contributed by atoms with E-state index in [0.29, 0.717) is 5.92 Å². The van der Waals surface area contributed by atoms with Crippen LogP contribution in [0, 0.1) is 12.8 Å². The first-order chi connectivity index (χ1) is 6.13. The second kappa shape index (κ2) is 4.40. The largest absolute Gasteiger partial charge is 0.261 e. The molecule has 0 saturated heterocycles. The molecule has 0 unspecified atom stereocenters. The molecule has 0 aliphatic heterocycles. The van der Waals surface area contributed by atoms with Gasteiger partial charge in [-0.15, -0.1) is 0 Å². The zero-order valence-corrected chi connectivity index (χ0v) is 9.09. The molecule has 1 heterocycles. The third-order valence-electron chi connectivity index (χ3n) is 2.27. The zero-order chi connectivity index (χ0) is 9.84. The van der Waals surface area contributed by atoms with Crippen molar-refractivity contribution >= 4 is 0 Å². The molecule has 0 aliphatic rings. The first kappa shape index (κ1) is 10.2. The fourth-order valence-electron chi connectivity index (χ4n) is 1.54. The van der Waals surface area contributed by atoms with E-state index >= 15 is 0 Å². The molecular formula is C12H19N. The second-order valence-electron chi connectivity index (χ2n) is 4.05. The van der Waals surface area contributed by atoms with E-state index in [1.165, 1.54) is 16.8 Å². The molecule has 0 N–H and O–H groups in total. The second-order valence-corrected chi connectivity index (χ2v) is 4.05. The van der Waals surface area contributed by atoms with Crippen molar-refractivity contribution in [3.05, 3.63) is 29.1 Å². The van der Waals surface area contributed by atoms with E-state index in [9.17, 15) is 0 Å². The summed E-state index contributed by atoms with van der Waals surface area (Å²) in [6.07, 6.45) is 4.19. The minimum absolute atomic E-state index is 0.694. The first-order valence-electron chi connectivity index (χ1n) is 5.07. The van der Waals surface area contributed by atoms with E-state index in [2.05, 4.69) is 38.7 Å². The Bertz CT molecular complexity index is 276. The maximum absolute atomic E-state index is 4.45. The minimum Gasteiger partial charge on any atom is -0.261 e. The van der Waals surface area contributed by atoms with Gasteiger partial charge in [-0.05, 0) is 42.9 Å². The van der Waals surface area contributed by atoms with Crippen LogP contribution in [0.15, 0.2) is 12.3 Å². The Balaban J connectivity index is 2.83. The number of nitrogens with zero attached hydrogens (tertiary/aromatic N) is 1. The SMILES string of the molecule is CCc1cnc(CC(C)C)cc1C. The Morgan fingerprint density at radius 2 is 2.08 bits per heavy atom. The molecule has 0 atom stereocenters. The van der Waals surface area contributed by atoms with E-state index in [4.69, 9.17) is 0 Å². The van der Waals surface area contributed by atoms with Gasteiger partial charge in [-0.2, -0.15) is 0 Å². The van der Waals surface area contributed by atoms with Crippen molar-refractivity contribution in [1.82, 2.24) is 4.98 Å². The monoisotopic (exact) mass is 177 g/mol. The summed E-state index contributed by atoms with van der Waals surface area (Å²) in [5, 5.41) is 0. The molecule has 1 heteroatoms. The van der Waals surface area contributed by atoms with Crippen LogP contribution in [0.2, 0.25) is 0 Å². The lowest BCUT2D eigenvalue weighted by atomic mass is 10.0. The van der Waals surface area contributed by atoms with Gasteiger partial charge >= 0.3 is 0 Å². The molecule has 1 aromatic heterocycles. The van der Waals surface area contributed by atoms with E-state index in [1.54, 1.807) is 0 Å². The van der Waals surface area contributed by atoms with Gasteiger partial charge in [0.05, 0.1) is 0 Å². The van der Waals surface area contributed by atoms with Crippen molar-refractivity contribution in [2.24, 2.45) is 5.92 Å². The predicted octanol–water partition coefficient (Wildman–Crippen LogP) is 3.15. The molecule has 72 valence electrons. The summed E-state index contributed by atoms with van der Waals surface area (Å²) in [6, 6.07) is 2.22. The number of aryl methyl sites for hydroxylation is 2. The summed E-state index contributed by atoms with van der Waals surface area (Å²) in [7, 11) is 0. The molecule has 1 aromatic rings. The predicted molar refractivity (Wildman–Crippen MR) is 56.9 cm³/mol. The highest BCUT2D eigenvalue weighted by Gasteiger charge is 2.01. The zero-order valence-electron chi connectivity index (χ0n) is 9.09. The average molecular weight is 177 g/mol. The van der Waals surface area contributed by atoms with Gasteiger partial charge < -0.3 is 0 Å². The smallest absolute Gasteiger partial charge is 0.0409 e. The Morgan fingerprint density at radius 3 is 2.54 bits per heavy atom. The lowest BCUT2D eigenvalue weighted by molar-refractivity contribution is 0.634. The van der Waals surface area contributed by atoms with Crippen molar-refractivity contribution in [3.8, 4) is 0 Å². The lowest BCUT2D eigenvalue weighted by Crippen LogP contribution is -1.99. The molecule has 0 amide bonds. The summed E-state index contributed by atoms with van der Waals surface area (Å²) >= 11 is 0. The van der Waals surface area contributed by atoms with E-state index in [1.807, 2.05) is 6.20 Å². The van der Waals surface area contributed by atoms with Crippen molar-refractivity contribution < 1.29 is 0 Å². The molecule has 1 rings (SSSR count). The standard InChI is InChI=1S/C12H19N/c1-5-11-8-13-12(6-9(2)3)7-10(11)4/h7-9H,5-6H2,1-4H3. The fraction of sp³-hybridized carbons (Fsp3) is 0.583. The van der Waals surface area contributed by atoms with Crippen LogP contribution in [0.5, 0.6) is 0 Å². The van der Waals surface area contributed by atoms with Crippen LogP contribution in [-0.2, 0) is 12.8 Å². The topological polar surface area (TPSA) is 12.9 Å². The van der Waals surface area contributed by atoms with Crippen molar-refractivity contribution in [2.75, 3.05) is 0 Å². The van der Waals surface area contributed by atoms with E-state index in [0.717, 1.165) is 12.8 Å². The summed E-state index contributed by atoms with van der Waals surface area (Å²) < 4.78 is 0. The molecule has 0 radical (unpaired) electrons. The number of pyridine rings is 1. The van der Waals surface area contributed by atoms with Crippen LogP contribution in [-0.4, -0.2) is 4.98 Å². The Hall–Kier alpha value is -0.850. The highest BCUT2D eigenvalue weighted by atomic mass is 14.7. The van der Waals surface area contributed by atoms with Gasteiger partial charge in [0.25, 0.3) is 0 Å². The quantitative estimate of drug-likeness (QED) is 0.691. The van der Waals surface area contributed by atoms with Crippen molar-refractivity contribution in [2.45, 2.75) is 40.5 Å². The molecule has 0 saturated carbocycles. The summed E-state index contributed by atoms with van der Waals surface area (Å²) in [4.78, 5) is 4.45. The van der Waals surface area contributed by atoms with Gasteiger partial charge in [0.2, 0.25) is 0 Å². The van der Waals surface area contributed by atoms with Gasteiger partial charge in [-0.3, -0.25) is 4.98 Å². The van der Waals surface area contributed by atoms with Gasteiger partial charge in [-0.1, -0.05) is 20.8 Å². The molecule has 13 heavy (non-hydrogen) atoms. The van der Waals surface area contributed by atoms with Crippen LogP contribution >= 0.6 is 0 Å². The number of aromatic nitrogens is 1. The number of hydrogen-bond donors (Lipinski definition) is 0. The maximum Gasteiger partial charge on any atom is 0.0409 e. The van der Waals surface area contributed by atoms with Gasteiger partial charge in [0.1, 0.15) is 0 Å². The third-order valence-corrected chi connectivity index (χ3v) is 2.27. The average Bonchev–Trinajstić information content (AvgIpc) is 2.03. The number of rotatable bonds is 3. The third kappa shape index (κ3) is 2.83. The van der Waals surface area contributed by atoms with Crippen LogP contribution in [0.3, 0.4) is 0 Å². The van der Waals surface area contributed by atoms with Crippen LogP contribution in [0.4, 0.5) is 0 Å². The highest BCUT2D eigenvalue weighted by molar-refractivity contribution is 5.25. The van der Waals surface area contributed by atoms with Crippen LogP contribution in [0.25, 0.3) is 0 Å². The number of hydrogen-bond acceptors (Lipinski definition) is 1. The summed E-state index contributed by atoms with van der Waals surface area (Å²) in [5.74, 6) is 0.694. The molecule has 0 aliphatic carbocycles. The highest BCUT2D eigenvalue weighted by Crippen LogP contribution is 2.11. The molecule has 0 spiro atoms. The van der Waals surface area contributed by atoms with Crippen LogP contribution in [0.1, 0.15) is 37.6 Å². The minimum atomic E-state index is 0.694. The summed E-state index contributed by atoms with van der Waals surface area (Å²) in [5.41, 5.74) is 3.98. The van der Waals surface area contributed by atoms with Crippen molar-refractivity contribution in [3.63, 3.8) is 0 Å². The van der Waals surface area contributed by atoms with Gasteiger partial charge in [0.15, 0.2) is 0 Å². The Morgan fingerprint density at radius 1 is 1.38 bits per heavy atom. The molecule has 0 bridgehead atoms. The lowest BCUT2D eigenvalue weighted by Gasteiger charge is -2.07. The van der Waals surface area contributed by atoms with Gasteiger partial charge in [0, 0.05) is 11.9 Å². The fourth-order valence-corrected chi connectivity index (χ4v) is 1.54. The molecule has 0 fully saturated rings. The molecule has 0 aromatic carbocycles. The maximum atomic E-state index is 4.45. The van der Waals surface area contributed by atoms with Crippen molar-refractivity contribution in [1.29, 1.82) is 0 Å². The Kier molecular flexibility index (Phi) is 3.47. The molecular weight excluding hydrogens is 158 g/mol. The van der Waals surface area contributed by atoms with Crippen LogP contribution < -0.4 is 0 Å². The Labute approximate surface area is 81.2 Å². The van der Waals surface area contributed by atoms with Gasteiger partial charge in [-0.25, -0.2) is 0 Å². The van der Waals surface area contributed by atoms with E-state index in [-0.39, 0.29) is 0 Å². The normalized spacial score (nSPS) is 10.8. The van der Waals surface area contributed by atoms with E-state index < -0.39 is 0 Å². The first-order valence-corrected chi connectivity index (χ1v) is 5.07. The summed E-state index contributed by atoms with van der Waals surface area (Å²) in [6.45, 7) is 8.80. The molecule has 1 nitrogen and oxygen atoms in total.